The zero-order chi connectivity index (χ0) is 28.8. The first-order valence-electron chi connectivity index (χ1n) is 13.0. The van der Waals surface area contributed by atoms with Crippen molar-refractivity contribution in [2.75, 3.05) is 32.1 Å². The van der Waals surface area contributed by atoms with Crippen LogP contribution in [-0.2, 0) is 6.54 Å². The summed E-state index contributed by atoms with van der Waals surface area (Å²) in [5.41, 5.74) is 1.88. The number of carbonyl (C=O) groups is 3. The van der Waals surface area contributed by atoms with Crippen molar-refractivity contribution in [1.82, 2.24) is 19.8 Å². The number of carboxylic acids is 1. The molecule has 3 aromatic rings. The summed E-state index contributed by atoms with van der Waals surface area (Å²) in [6, 6.07) is 11.3. The molecule has 1 aromatic heterocycles. The van der Waals surface area contributed by atoms with Crippen LogP contribution in [0.5, 0.6) is 5.75 Å². The zero-order valence-electron chi connectivity index (χ0n) is 22.7. The normalized spacial score (nSPS) is 17.8. The average molecular weight is 548 g/mol. The molecule has 210 valence electrons. The van der Waals surface area contributed by atoms with E-state index in [4.69, 9.17) is 9.84 Å². The Morgan fingerprint density at radius 1 is 1.20 bits per heavy atom. The fourth-order valence-electron chi connectivity index (χ4n) is 4.60. The Bertz CT molecular complexity index is 1350. The van der Waals surface area contributed by atoms with Crippen molar-refractivity contribution in [3.8, 4) is 5.75 Å². The van der Waals surface area contributed by atoms with E-state index in [9.17, 15) is 19.5 Å². The number of aromatic nitrogens is 2. The highest BCUT2D eigenvalue weighted by molar-refractivity contribution is 6.06. The maximum Gasteiger partial charge on any atom is 0.335 e. The van der Waals surface area contributed by atoms with Gasteiger partial charge in [0, 0.05) is 37.9 Å². The number of nitrogens with zero attached hydrogens (tertiary/aromatic N) is 4. The van der Waals surface area contributed by atoms with Crippen LogP contribution in [0.2, 0.25) is 0 Å². The largest absolute Gasteiger partial charge is 0.486 e. The van der Waals surface area contributed by atoms with Crippen molar-refractivity contribution in [2.45, 2.75) is 32.5 Å². The molecule has 0 spiro atoms. The first-order valence-corrected chi connectivity index (χ1v) is 13.0. The third-order valence-electron chi connectivity index (χ3n) is 6.88. The number of carboxylic acid groups (broad SMARTS) is 1. The number of aliphatic hydroxyl groups is 1. The van der Waals surface area contributed by atoms with Gasteiger partial charge in [-0.25, -0.2) is 9.78 Å². The molecule has 0 aliphatic carbocycles. The van der Waals surface area contributed by atoms with Gasteiger partial charge in [-0.2, -0.15) is 0 Å². The van der Waals surface area contributed by atoms with E-state index in [1.165, 1.54) is 18.6 Å². The Hall–Kier alpha value is -4.35. The molecule has 4 rings (SSSR count). The summed E-state index contributed by atoms with van der Waals surface area (Å²) in [6.45, 7) is 4.95. The highest BCUT2D eigenvalue weighted by Gasteiger charge is 2.34. The SMILES string of the molecule is C[C@@H]1CN([C@H](C)CO)C(=O)c2cccc(NC(=O)c3cnccn3)c2O[C@H]1CN(C)Cc1ccc(C(=O)O)cc1. The monoisotopic (exact) mass is 547 g/mol. The van der Waals surface area contributed by atoms with Crippen molar-refractivity contribution >= 4 is 23.5 Å². The van der Waals surface area contributed by atoms with Gasteiger partial charge in [0.25, 0.3) is 11.8 Å². The fourth-order valence-corrected chi connectivity index (χ4v) is 4.60. The molecule has 3 N–H and O–H groups in total. The number of likely N-dealkylation sites (N-methyl/N-ethyl adjacent to an activating group) is 1. The van der Waals surface area contributed by atoms with Crippen LogP contribution >= 0.6 is 0 Å². The van der Waals surface area contributed by atoms with Crippen LogP contribution < -0.4 is 10.1 Å². The van der Waals surface area contributed by atoms with Gasteiger partial charge < -0.3 is 25.2 Å². The molecule has 2 amide bonds. The summed E-state index contributed by atoms with van der Waals surface area (Å²) in [6.07, 6.45) is 3.84. The molecule has 3 atom stereocenters. The molecular formula is C29H33N5O6. The summed E-state index contributed by atoms with van der Waals surface area (Å²) in [7, 11) is 1.93. The molecule has 1 aliphatic heterocycles. The van der Waals surface area contributed by atoms with E-state index in [2.05, 4.69) is 20.2 Å². The second-order valence-electron chi connectivity index (χ2n) is 10.0. The number of benzene rings is 2. The standard InChI is InChI=1S/C29H33N5O6/c1-18-14-34(19(2)17-35)28(37)22-5-4-6-23(32-27(36)24-13-30-11-12-31-24)26(22)40-25(18)16-33(3)15-20-7-9-21(10-8-20)29(38)39/h4-13,18-19,25,35H,14-17H2,1-3H3,(H,32,36)(H,38,39)/t18-,19-,25+/m1/s1. The van der Waals surface area contributed by atoms with Crippen molar-refractivity contribution in [3.63, 3.8) is 0 Å². The van der Waals surface area contributed by atoms with E-state index >= 15 is 0 Å². The van der Waals surface area contributed by atoms with Crippen molar-refractivity contribution in [3.05, 3.63) is 83.4 Å². The molecule has 0 saturated heterocycles. The lowest BCUT2D eigenvalue weighted by Crippen LogP contribution is -2.49. The highest BCUT2D eigenvalue weighted by Crippen LogP contribution is 2.35. The minimum Gasteiger partial charge on any atom is -0.486 e. The van der Waals surface area contributed by atoms with Crippen LogP contribution in [0.25, 0.3) is 0 Å². The van der Waals surface area contributed by atoms with Gasteiger partial charge in [-0.1, -0.05) is 25.1 Å². The lowest BCUT2D eigenvalue weighted by Gasteiger charge is -2.38. The zero-order valence-corrected chi connectivity index (χ0v) is 22.7. The van der Waals surface area contributed by atoms with Crippen LogP contribution in [-0.4, -0.2) is 86.7 Å². The molecule has 0 radical (unpaired) electrons. The Kier molecular flexibility index (Phi) is 9.08. The van der Waals surface area contributed by atoms with Gasteiger partial charge >= 0.3 is 5.97 Å². The highest BCUT2D eigenvalue weighted by atomic mass is 16.5. The summed E-state index contributed by atoms with van der Waals surface area (Å²) < 4.78 is 6.53. The van der Waals surface area contributed by atoms with E-state index in [0.717, 1.165) is 5.56 Å². The first kappa shape index (κ1) is 28.7. The molecule has 0 bridgehead atoms. The Morgan fingerprint density at radius 2 is 1.95 bits per heavy atom. The van der Waals surface area contributed by atoms with Crippen molar-refractivity contribution < 1.29 is 29.3 Å². The molecule has 2 heterocycles. The van der Waals surface area contributed by atoms with Gasteiger partial charge in [0.15, 0.2) is 5.75 Å². The van der Waals surface area contributed by atoms with E-state index in [1.807, 2.05) is 14.0 Å². The molecule has 0 fully saturated rings. The molecule has 2 aromatic carbocycles. The molecule has 0 saturated carbocycles. The number of aromatic carboxylic acids is 1. The smallest absolute Gasteiger partial charge is 0.335 e. The van der Waals surface area contributed by atoms with Gasteiger partial charge in [-0.05, 0) is 43.8 Å². The number of ether oxygens (including phenoxy) is 1. The van der Waals surface area contributed by atoms with Gasteiger partial charge in [0.1, 0.15) is 11.8 Å². The summed E-state index contributed by atoms with van der Waals surface area (Å²) in [4.78, 5) is 49.4. The maximum atomic E-state index is 13.6. The second-order valence-corrected chi connectivity index (χ2v) is 10.0. The second kappa shape index (κ2) is 12.7. The minimum atomic E-state index is -0.978. The first-order chi connectivity index (χ1) is 19.2. The Labute approximate surface area is 232 Å². The molecule has 0 unspecified atom stereocenters. The Morgan fingerprint density at radius 3 is 2.60 bits per heavy atom. The summed E-state index contributed by atoms with van der Waals surface area (Å²) >= 11 is 0. The number of carbonyl (C=O) groups excluding carboxylic acids is 2. The molecule has 11 nitrogen and oxygen atoms in total. The van der Waals surface area contributed by atoms with Gasteiger partial charge in [0.2, 0.25) is 0 Å². The number of nitrogens with one attached hydrogen (secondary N) is 1. The van der Waals surface area contributed by atoms with E-state index in [1.54, 1.807) is 54.3 Å². The minimum absolute atomic E-state index is 0.117. The van der Waals surface area contributed by atoms with Crippen LogP contribution in [0.4, 0.5) is 5.69 Å². The number of amides is 2. The number of para-hydroxylation sites is 1. The van der Waals surface area contributed by atoms with Crippen LogP contribution in [0.1, 0.15) is 50.6 Å². The van der Waals surface area contributed by atoms with E-state index < -0.39 is 24.0 Å². The molecule has 1 aliphatic rings. The summed E-state index contributed by atoms with van der Waals surface area (Å²) in [5.74, 6) is -1.66. The van der Waals surface area contributed by atoms with Crippen molar-refractivity contribution in [2.24, 2.45) is 5.92 Å². The van der Waals surface area contributed by atoms with Crippen LogP contribution in [0.3, 0.4) is 0 Å². The van der Waals surface area contributed by atoms with Crippen LogP contribution in [0, 0.1) is 5.92 Å². The fraction of sp³-hybridized carbons (Fsp3) is 0.345. The van der Waals surface area contributed by atoms with E-state index in [0.29, 0.717) is 25.3 Å². The number of aliphatic hydroxyl groups excluding tert-OH is 1. The number of rotatable bonds is 9. The number of hydrogen-bond acceptors (Lipinski definition) is 8. The molecule has 40 heavy (non-hydrogen) atoms. The Balaban J connectivity index is 1.64. The average Bonchev–Trinajstić information content (AvgIpc) is 2.95. The predicted molar refractivity (Wildman–Crippen MR) is 147 cm³/mol. The maximum absolute atomic E-state index is 13.6. The van der Waals surface area contributed by atoms with Crippen LogP contribution in [0.15, 0.2) is 61.1 Å². The number of anilines is 1. The molecule has 11 heteroatoms. The molecular weight excluding hydrogens is 514 g/mol. The third-order valence-corrected chi connectivity index (χ3v) is 6.88. The lowest BCUT2D eigenvalue weighted by atomic mass is 9.98. The van der Waals surface area contributed by atoms with Gasteiger partial charge in [0.05, 0.1) is 35.7 Å². The van der Waals surface area contributed by atoms with E-state index in [-0.39, 0.29) is 41.0 Å². The summed E-state index contributed by atoms with van der Waals surface area (Å²) in [5, 5.41) is 21.9. The number of hydrogen-bond donors (Lipinski definition) is 3. The van der Waals surface area contributed by atoms with Gasteiger partial charge in [-0.3, -0.25) is 19.5 Å². The number of fused-ring (bicyclic) bond motifs is 1. The quantitative estimate of drug-likeness (QED) is 0.368. The lowest BCUT2D eigenvalue weighted by molar-refractivity contribution is 0.0343. The topological polar surface area (TPSA) is 145 Å². The van der Waals surface area contributed by atoms with Crippen molar-refractivity contribution in [1.29, 1.82) is 0 Å². The third kappa shape index (κ3) is 6.61. The van der Waals surface area contributed by atoms with Gasteiger partial charge in [-0.15, -0.1) is 0 Å². The predicted octanol–water partition coefficient (Wildman–Crippen LogP) is 2.78.